The summed E-state index contributed by atoms with van der Waals surface area (Å²) < 4.78 is 0. The van der Waals surface area contributed by atoms with Crippen LogP contribution in [0.4, 0.5) is 5.69 Å². The number of hydrogen-bond acceptors (Lipinski definition) is 3. The summed E-state index contributed by atoms with van der Waals surface area (Å²) in [6.07, 6.45) is 4.55. The highest BCUT2D eigenvalue weighted by molar-refractivity contribution is 6.06. The SMILES string of the molecule is CNC(=O)c1n[nH]cc1NC(=O)C=Cc1ccccc1. The number of H-pyrrole nitrogens is 1. The molecule has 2 aromatic rings. The van der Waals surface area contributed by atoms with E-state index in [1.54, 1.807) is 6.08 Å². The molecule has 1 aromatic carbocycles. The summed E-state index contributed by atoms with van der Waals surface area (Å²) in [6, 6.07) is 9.45. The van der Waals surface area contributed by atoms with Crippen LogP contribution in [0, 0.1) is 0 Å². The summed E-state index contributed by atoms with van der Waals surface area (Å²) in [6.45, 7) is 0. The van der Waals surface area contributed by atoms with Crippen LogP contribution in [-0.4, -0.2) is 29.1 Å². The molecule has 0 saturated heterocycles. The summed E-state index contributed by atoms with van der Waals surface area (Å²) in [5.41, 5.74) is 1.40. The zero-order chi connectivity index (χ0) is 14.4. The van der Waals surface area contributed by atoms with E-state index < -0.39 is 0 Å². The molecule has 0 spiro atoms. The van der Waals surface area contributed by atoms with Crippen molar-refractivity contribution in [3.63, 3.8) is 0 Å². The lowest BCUT2D eigenvalue weighted by molar-refractivity contribution is -0.111. The molecule has 2 rings (SSSR count). The Labute approximate surface area is 115 Å². The van der Waals surface area contributed by atoms with Crippen molar-refractivity contribution in [2.75, 3.05) is 12.4 Å². The molecule has 0 aliphatic carbocycles. The predicted molar refractivity (Wildman–Crippen MR) is 76.1 cm³/mol. The van der Waals surface area contributed by atoms with E-state index in [1.165, 1.54) is 19.3 Å². The Balaban J connectivity index is 2.04. The maximum Gasteiger partial charge on any atom is 0.273 e. The molecule has 3 N–H and O–H groups in total. The topological polar surface area (TPSA) is 86.9 Å². The number of rotatable bonds is 4. The smallest absolute Gasteiger partial charge is 0.273 e. The van der Waals surface area contributed by atoms with Crippen molar-refractivity contribution < 1.29 is 9.59 Å². The van der Waals surface area contributed by atoms with Gasteiger partial charge in [0, 0.05) is 19.3 Å². The first kappa shape index (κ1) is 13.5. The van der Waals surface area contributed by atoms with Gasteiger partial charge in [0.25, 0.3) is 5.91 Å². The zero-order valence-corrected chi connectivity index (χ0v) is 10.9. The van der Waals surface area contributed by atoms with Crippen LogP contribution in [0.15, 0.2) is 42.6 Å². The summed E-state index contributed by atoms with van der Waals surface area (Å²) in [7, 11) is 1.50. The number of benzene rings is 1. The van der Waals surface area contributed by atoms with E-state index in [9.17, 15) is 9.59 Å². The van der Waals surface area contributed by atoms with Gasteiger partial charge in [-0.3, -0.25) is 14.7 Å². The molecule has 0 aliphatic heterocycles. The Hall–Kier alpha value is -2.89. The monoisotopic (exact) mass is 270 g/mol. The molecule has 0 atom stereocenters. The van der Waals surface area contributed by atoms with Crippen LogP contribution in [0.3, 0.4) is 0 Å². The maximum absolute atomic E-state index is 11.8. The minimum atomic E-state index is -0.367. The molecule has 6 nitrogen and oxygen atoms in total. The minimum absolute atomic E-state index is 0.147. The second kappa shape index (κ2) is 6.33. The predicted octanol–water partition coefficient (Wildman–Crippen LogP) is 1.42. The van der Waals surface area contributed by atoms with E-state index in [1.807, 2.05) is 30.3 Å². The van der Waals surface area contributed by atoms with Crippen molar-refractivity contribution in [2.45, 2.75) is 0 Å². The van der Waals surface area contributed by atoms with Gasteiger partial charge in [0.05, 0.1) is 5.69 Å². The van der Waals surface area contributed by atoms with Crippen LogP contribution in [0.25, 0.3) is 6.08 Å². The van der Waals surface area contributed by atoms with Crippen molar-refractivity contribution in [1.29, 1.82) is 0 Å². The maximum atomic E-state index is 11.8. The number of hydrogen-bond donors (Lipinski definition) is 3. The molecule has 0 radical (unpaired) electrons. The number of amides is 2. The Kier molecular flexibility index (Phi) is 4.28. The van der Waals surface area contributed by atoms with Crippen molar-refractivity contribution in [2.24, 2.45) is 0 Å². The van der Waals surface area contributed by atoms with Gasteiger partial charge >= 0.3 is 0 Å². The van der Waals surface area contributed by atoms with Crippen molar-refractivity contribution in [3.8, 4) is 0 Å². The number of aromatic nitrogens is 2. The molecule has 0 unspecified atom stereocenters. The third kappa shape index (κ3) is 3.32. The highest BCUT2D eigenvalue weighted by Gasteiger charge is 2.14. The number of carbonyl (C=O) groups excluding carboxylic acids is 2. The first-order valence-electron chi connectivity index (χ1n) is 6.00. The summed E-state index contributed by atoms with van der Waals surface area (Å²) >= 11 is 0. The number of aromatic amines is 1. The molecule has 6 heteroatoms. The second-order valence-electron chi connectivity index (χ2n) is 3.96. The van der Waals surface area contributed by atoms with Crippen LogP contribution in [0.5, 0.6) is 0 Å². The van der Waals surface area contributed by atoms with Gasteiger partial charge in [-0.25, -0.2) is 0 Å². The molecule has 0 fully saturated rings. The summed E-state index contributed by atoms with van der Waals surface area (Å²) in [4.78, 5) is 23.3. The standard InChI is InChI=1S/C14H14N4O2/c1-15-14(20)13-11(9-16-18-13)17-12(19)8-7-10-5-3-2-4-6-10/h2-9H,1H3,(H,15,20)(H,16,18)(H,17,19). The Morgan fingerprint density at radius 2 is 2.00 bits per heavy atom. The van der Waals surface area contributed by atoms with Crippen LogP contribution < -0.4 is 10.6 Å². The van der Waals surface area contributed by atoms with E-state index in [4.69, 9.17) is 0 Å². The van der Waals surface area contributed by atoms with E-state index >= 15 is 0 Å². The zero-order valence-electron chi connectivity index (χ0n) is 10.9. The van der Waals surface area contributed by atoms with Crippen molar-refractivity contribution in [1.82, 2.24) is 15.5 Å². The van der Waals surface area contributed by atoms with Crippen LogP contribution in [-0.2, 0) is 4.79 Å². The first-order chi connectivity index (χ1) is 9.70. The Morgan fingerprint density at radius 1 is 1.25 bits per heavy atom. The minimum Gasteiger partial charge on any atom is -0.354 e. The van der Waals surface area contributed by atoms with Gasteiger partial charge in [0.1, 0.15) is 0 Å². The molecule has 0 bridgehead atoms. The lowest BCUT2D eigenvalue weighted by Crippen LogP contribution is -2.20. The fourth-order valence-corrected chi connectivity index (χ4v) is 1.59. The van der Waals surface area contributed by atoms with E-state index in [0.717, 1.165) is 5.56 Å². The molecular formula is C14H14N4O2. The molecule has 2 amide bonds. The van der Waals surface area contributed by atoms with E-state index in [2.05, 4.69) is 20.8 Å². The normalized spacial score (nSPS) is 10.4. The fourth-order valence-electron chi connectivity index (χ4n) is 1.59. The Morgan fingerprint density at radius 3 is 2.70 bits per heavy atom. The summed E-state index contributed by atoms with van der Waals surface area (Å²) in [5, 5.41) is 11.4. The third-order valence-electron chi connectivity index (χ3n) is 2.57. The van der Waals surface area contributed by atoms with Crippen LogP contribution >= 0.6 is 0 Å². The van der Waals surface area contributed by atoms with Gasteiger partial charge in [0.2, 0.25) is 5.91 Å². The number of anilines is 1. The van der Waals surface area contributed by atoms with Gasteiger partial charge in [-0.15, -0.1) is 0 Å². The average molecular weight is 270 g/mol. The number of nitrogens with one attached hydrogen (secondary N) is 3. The fraction of sp³-hybridized carbons (Fsp3) is 0.0714. The van der Waals surface area contributed by atoms with Gasteiger partial charge in [-0.2, -0.15) is 5.10 Å². The largest absolute Gasteiger partial charge is 0.354 e. The molecule has 1 heterocycles. The summed E-state index contributed by atoms with van der Waals surface area (Å²) in [5.74, 6) is -0.700. The van der Waals surface area contributed by atoms with Gasteiger partial charge in [-0.05, 0) is 11.6 Å². The van der Waals surface area contributed by atoms with E-state index in [0.29, 0.717) is 5.69 Å². The average Bonchev–Trinajstić information content (AvgIpc) is 2.93. The highest BCUT2D eigenvalue weighted by Crippen LogP contribution is 2.11. The number of carbonyl (C=O) groups is 2. The van der Waals surface area contributed by atoms with Crippen molar-refractivity contribution >= 4 is 23.6 Å². The van der Waals surface area contributed by atoms with Gasteiger partial charge < -0.3 is 10.6 Å². The van der Waals surface area contributed by atoms with Gasteiger partial charge in [-0.1, -0.05) is 30.3 Å². The molecule has 102 valence electrons. The molecule has 0 aliphatic rings. The number of nitrogens with zero attached hydrogens (tertiary/aromatic N) is 1. The highest BCUT2D eigenvalue weighted by atomic mass is 16.2. The molecule has 1 aromatic heterocycles. The second-order valence-corrected chi connectivity index (χ2v) is 3.96. The van der Waals surface area contributed by atoms with Gasteiger partial charge in [0.15, 0.2) is 5.69 Å². The first-order valence-corrected chi connectivity index (χ1v) is 6.00. The lowest BCUT2D eigenvalue weighted by atomic mass is 10.2. The molecular weight excluding hydrogens is 256 g/mol. The van der Waals surface area contributed by atoms with E-state index in [-0.39, 0.29) is 17.5 Å². The Bertz CT molecular complexity index is 632. The quantitative estimate of drug-likeness (QED) is 0.734. The lowest BCUT2D eigenvalue weighted by Gasteiger charge is -2.01. The van der Waals surface area contributed by atoms with Crippen LogP contribution in [0.1, 0.15) is 16.1 Å². The van der Waals surface area contributed by atoms with Crippen molar-refractivity contribution in [3.05, 3.63) is 53.9 Å². The third-order valence-corrected chi connectivity index (χ3v) is 2.57. The van der Waals surface area contributed by atoms with Crippen LogP contribution in [0.2, 0.25) is 0 Å². The molecule has 0 saturated carbocycles. The molecule has 20 heavy (non-hydrogen) atoms.